The van der Waals surface area contributed by atoms with Crippen molar-refractivity contribution in [3.63, 3.8) is 0 Å². The summed E-state index contributed by atoms with van der Waals surface area (Å²) in [5.41, 5.74) is 0.697. The van der Waals surface area contributed by atoms with Crippen molar-refractivity contribution in [3.05, 3.63) is 29.8 Å². The van der Waals surface area contributed by atoms with Crippen molar-refractivity contribution in [1.29, 1.82) is 0 Å². The molecule has 0 heterocycles. The van der Waals surface area contributed by atoms with Crippen molar-refractivity contribution in [2.24, 2.45) is 5.92 Å². The molecule has 0 N–H and O–H groups in total. The molecular weight excluding hydrogens is 218 g/mol. The van der Waals surface area contributed by atoms with Crippen LogP contribution in [0.25, 0.3) is 0 Å². The van der Waals surface area contributed by atoms with Crippen LogP contribution in [0, 0.1) is 5.92 Å². The van der Waals surface area contributed by atoms with Crippen molar-refractivity contribution in [2.75, 3.05) is 7.05 Å². The number of nitrogens with zero attached hydrogens (tertiary/aromatic N) is 1. The van der Waals surface area contributed by atoms with Gasteiger partial charge in [-0.25, -0.2) is 0 Å². The first-order valence-electron chi connectivity index (χ1n) is 5.49. The summed E-state index contributed by atoms with van der Waals surface area (Å²) in [7, 11) is 1.85. The number of thiol groups is 1. The van der Waals surface area contributed by atoms with E-state index in [4.69, 9.17) is 0 Å². The van der Waals surface area contributed by atoms with Crippen LogP contribution in [0.3, 0.4) is 0 Å². The Morgan fingerprint density at radius 3 is 2.44 bits per heavy atom. The first-order valence-corrected chi connectivity index (χ1v) is 5.94. The van der Waals surface area contributed by atoms with Gasteiger partial charge in [0.2, 0.25) is 0 Å². The van der Waals surface area contributed by atoms with Gasteiger partial charge in [-0.1, -0.05) is 19.9 Å². The molecule has 1 aromatic rings. The van der Waals surface area contributed by atoms with Crippen molar-refractivity contribution in [3.8, 4) is 0 Å². The molecule has 0 aromatic heterocycles. The van der Waals surface area contributed by atoms with Gasteiger partial charge in [0.1, 0.15) is 0 Å². The van der Waals surface area contributed by atoms with Gasteiger partial charge >= 0.3 is 0 Å². The molecule has 2 nitrogen and oxygen atoms in total. The van der Waals surface area contributed by atoms with E-state index in [1.54, 1.807) is 11.0 Å². The van der Waals surface area contributed by atoms with Crippen LogP contribution in [0.2, 0.25) is 0 Å². The minimum absolute atomic E-state index is 0.0529. The average Bonchev–Trinajstić information content (AvgIpc) is 2.26. The predicted octanol–water partition coefficient (Wildman–Crippen LogP) is 3.09. The number of carbonyl (C=O) groups is 1. The largest absolute Gasteiger partial charge is 0.339 e. The molecule has 0 spiro atoms. The lowest BCUT2D eigenvalue weighted by molar-refractivity contribution is 0.0707. The molecule has 0 saturated carbocycles. The highest BCUT2D eigenvalue weighted by Crippen LogP contribution is 2.14. The van der Waals surface area contributed by atoms with E-state index in [1.165, 1.54) is 0 Å². The second kappa shape index (κ2) is 5.39. The molecule has 0 bridgehead atoms. The lowest BCUT2D eigenvalue weighted by atomic mass is 10.0. The van der Waals surface area contributed by atoms with Crippen LogP contribution in [0.4, 0.5) is 0 Å². The van der Waals surface area contributed by atoms with Crippen LogP contribution in [0.15, 0.2) is 29.2 Å². The molecule has 0 saturated heterocycles. The number of carbonyl (C=O) groups excluding carboxylic acids is 1. The minimum Gasteiger partial charge on any atom is -0.339 e. The van der Waals surface area contributed by atoms with E-state index >= 15 is 0 Å². The van der Waals surface area contributed by atoms with Crippen LogP contribution >= 0.6 is 12.6 Å². The Labute approximate surface area is 103 Å². The van der Waals surface area contributed by atoms with Gasteiger partial charge in [-0.15, -0.1) is 12.6 Å². The lowest BCUT2D eigenvalue weighted by Gasteiger charge is -2.28. The molecular formula is C13H19NOS. The van der Waals surface area contributed by atoms with Crippen molar-refractivity contribution in [1.82, 2.24) is 4.90 Å². The Morgan fingerprint density at radius 2 is 1.94 bits per heavy atom. The highest BCUT2D eigenvalue weighted by molar-refractivity contribution is 7.80. The van der Waals surface area contributed by atoms with Gasteiger partial charge in [-0.2, -0.15) is 0 Å². The Morgan fingerprint density at radius 1 is 1.31 bits per heavy atom. The third-order valence-corrected chi connectivity index (χ3v) is 3.27. The van der Waals surface area contributed by atoms with Gasteiger partial charge in [-0.3, -0.25) is 4.79 Å². The number of amides is 1. The van der Waals surface area contributed by atoms with Gasteiger partial charge in [0.05, 0.1) is 0 Å². The smallest absolute Gasteiger partial charge is 0.253 e. The topological polar surface area (TPSA) is 20.3 Å². The molecule has 1 aromatic carbocycles. The van der Waals surface area contributed by atoms with Crippen molar-refractivity contribution in [2.45, 2.75) is 31.7 Å². The van der Waals surface area contributed by atoms with E-state index in [-0.39, 0.29) is 11.9 Å². The molecule has 0 fully saturated rings. The molecule has 3 heteroatoms. The Hall–Kier alpha value is -0.960. The fraction of sp³-hybridized carbons (Fsp3) is 0.462. The zero-order valence-corrected chi connectivity index (χ0v) is 11.2. The summed E-state index contributed by atoms with van der Waals surface area (Å²) in [6.07, 6.45) is 0. The van der Waals surface area contributed by atoms with Crippen LogP contribution in [-0.2, 0) is 0 Å². The third kappa shape index (κ3) is 3.01. The zero-order chi connectivity index (χ0) is 12.3. The number of hydrogen-bond donors (Lipinski definition) is 1. The van der Waals surface area contributed by atoms with Gasteiger partial charge in [0.15, 0.2) is 0 Å². The summed E-state index contributed by atoms with van der Waals surface area (Å²) < 4.78 is 0. The Balaban J connectivity index is 2.86. The van der Waals surface area contributed by atoms with Crippen molar-refractivity contribution < 1.29 is 4.79 Å². The van der Waals surface area contributed by atoms with Crippen molar-refractivity contribution >= 4 is 18.5 Å². The summed E-state index contributed by atoms with van der Waals surface area (Å²) >= 11 is 4.24. The lowest BCUT2D eigenvalue weighted by Crippen LogP contribution is -2.38. The van der Waals surface area contributed by atoms with E-state index in [0.717, 1.165) is 4.90 Å². The quantitative estimate of drug-likeness (QED) is 0.801. The second-order valence-electron chi connectivity index (χ2n) is 4.45. The summed E-state index contributed by atoms with van der Waals surface area (Å²) in [5, 5.41) is 0. The molecule has 1 amide bonds. The van der Waals surface area contributed by atoms with E-state index in [1.807, 2.05) is 25.2 Å². The first-order chi connectivity index (χ1) is 7.43. The monoisotopic (exact) mass is 237 g/mol. The molecule has 1 rings (SSSR count). The Kier molecular flexibility index (Phi) is 4.42. The number of rotatable bonds is 3. The maximum atomic E-state index is 12.1. The summed E-state index contributed by atoms with van der Waals surface area (Å²) in [6.45, 7) is 6.29. The van der Waals surface area contributed by atoms with Crippen LogP contribution in [0.1, 0.15) is 31.1 Å². The summed E-state index contributed by atoms with van der Waals surface area (Å²) in [5.74, 6) is 0.505. The predicted molar refractivity (Wildman–Crippen MR) is 70.1 cm³/mol. The van der Waals surface area contributed by atoms with E-state index < -0.39 is 0 Å². The molecule has 0 radical (unpaired) electrons. The minimum atomic E-state index is 0.0529. The highest BCUT2D eigenvalue weighted by atomic mass is 32.1. The number of benzene rings is 1. The zero-order valence-electron chi connectivity index (χ0n) is 10.3. The molecule has 1 atom stereocenters. The molecule has 0 aliphatic carbocycles. The third-order valence-electron chi connectivity index (χ3n) is 2.99. The standard InChI is InChI=1S/C13H19NOS/c1-9(2)10(3)14(4)13(15)11-6-5-7-12(16)8-11/h5-10,16H,1-4H3. The maximum Gasteiger partial charge on any atom is 0.253 e. The van der Waals surface area contributed by atoms with Gasteiger partial charge in [0.25, 0.3) is 5.91 Å². The van der Waals surface area contributed by atoms with E-state index in [9.17, 15) is 4.79 Å². The molecule has 88 valence electrons. The molecule has 16 heavy (non-hydrogen) atoms. The first kappa shape index (κ1) is 13.1. The highest BCUT2D eigenvalue weighted by Gasteiger charge is 2.19. The van der Waals surface area contributed by atoms with Gasteiger partial charge < -0.3 is 4.90 Å². The van der Waals surface area contributed by atoms with Gasteiger partial charge in [-0.05, 0) is 31.0 Å². The van der Waals surface area contributed by atoms with E-state index in [2.05, 4.69) is 33.4 Å². The Bertz CT molecular complexity index is 376. The number of hydrogen-bond acceptors (Lipinski definition) is 2. The fourth-order valence-corrected chi connectivity index (χ4v) is 1.70. The molecule has 0 aliphatic heterocycles. The summed E-state index contributed by atoms with van der Waals surface area (Å²) in [6, 6.07) is 7.58. The van der Waals surface area contributed by atoms with E-state index in [0.29, 0.717) is 11.5 Å². The normalized spacial score (nSPS) is 12.6. The fourth-order valence-electron chi connectivity index (χ4n) is 1.47. The van der Waals surface area contributed by atoms with Crippen LogP contribution in [0.5, 0.6) is 0 Å². The second-order valence-corrected chi connectivity index (χ2v) is 4.97. The average molecular weight is 237 g/mol. The molecule has 0 aliphatic rings. The van der Waals surface area contributed by atoms with Crippen LogP contribution < -0.4 is 0 Å². The SMILES string of the molecule is CC(C)C(C)N(C)C(=O)c1cccc(S)c1. The van der Waals surface area contributed by atoms with Gasteiger partial charge in [0, 0.05) is 23.5 Å². The maximum absolute atomic E-state index is 12.1. The molecule has 1 unspecified atom stereocenters. The van der Waals surface area contributed by atoms with Crippen LogP contribution in [-0.4, -0.2) is 23.9 Å². The summed E-state index contributed by atoms with van der Waals surface area (Å²) in [4.78, 5) is 14.7.